The normalized spacial score (nSPS) is 22.0. The average molecular weight is 240 g/mol. The molecule has 0 radical (unpaired) electrons. The average Bonchev–Trinajstić information content (AvgIpc) is 2.16. The maximum atomic E-state index is 12.0. The van der Waals surface area contributed by atoms with Crippen molar-refractivity contribution in [3.8, 4) is 0 Å². The first-order valence-corrected chi connectivity index (χ1v) is 5.20. The summed E-state index contributed by atoms with van der Waals surface area (Å²) in [6, 6.07) is -1.41. The minimum Gasteiger partial charge on any atom is -0.396 e. The summed E-state index contributed by atoms with van der Waals surface area (Å²) in [6.07, 6.45) is -2.15. The van der Waals surface area contributed by atoms with Crippen LogP contribution in [-0.4, -0.2) is 41.5 Å². The van der Waals surface area contributed by atoms with Gasteiger partial charge in [0.2, 0.25) is 0 Å². The molecule has 16 heavy (non-hydrogen) atoms. The Hall–Kier alpha value is -0.980. The minimum atomic E-state index is -4.70. The molecule has 0 aromatic carbocycles. The molecule has 2 N–H and O–H groups in total. The zero-order valence-corrected chi connectivity index (χ0v) is 8.76. The number of alkyl halides is 3. The van der Waals surface area contributed by atoms with E-state index in [1.54, 1.807) is 0 Å². The molecule has 1 heterocycles. The highest BCUT2D eigenvalue weighted by Gasteiger charge is 2.35. The molecule has 0 spiro atoms. The second kappa shape index (κ2) is 5.38. The number of hydrogen-bond acceptors (Lipinski definition) is 2. The molecule has 1 unspecified atom stereocenters. The molecule has 1 fully saturated rings. The van der Waals surface area contributed by atoms with E-state index in [2.05, 4.69) is 0 Å². The topological polar surface area (TPSA) is 52.6 Å². The van der Waals surface area contributed by atoms with Crippen LogP contribution in [-0.2, 0) is 0 Å². The Morgan fingerprint density at radius 2 is 2.12 bits per heavy atom. The van der Waals surface area contributed by atoms with Gasteiger partial charge >= 0.3 is 12.3 Å². The van der Waals surface area contributed by atoms with Crippen LogP contribution in [0.4, 0.5) is 18.0 Å². The van der Waals surface area contributed by atoms with Gasteiger partial charge in [0.25, 0.3) is 0 Å². The Morgan fingerprint density at radius 3 is 2.69 bits per heavy atom. The van der Waals surface area contributed by atoms with Gasteiger partial charge in [-0.1, -0.05) is 0 Å². The number of nitrogens with zero attached hydrogens (tertiary/aromatic N) is 1. The zero-order chi connectivity index (χ0) is 12.2. The van der Waals surface area contributed by atoms with Crippen LogP contribution in [0.15, 0.2) is 0 Å². The van der Waals surface area contributed by atoms with Gasteiger partial charge in [-0.05, 0) is 25.7 Å². The Balaban J connectivity index is 2.57. The van der Waals surface area contributed by atoms with Crippen molar-refractivity contribution in [1.29, 1.82) is 0 Å². The number of aliphatic hydroxyl groups is 1. The first-order chi connectivity index (χ1) is 7.44. The second-order valence-electron chi connectivity index (χ2n) is 3.78. The highest BCUT2D eigenvalue weighted by Crippen LogP contribution is 2.20. The number of likely N-dealkylation sites (tertiary alicyclic amines) is 1. The highest BCUT2D eigenvalue weighted by molar-refractivity contribution is 5.74. The fourth-order valence-electron chi connectivity index (χ4n) is 1.91. The largest absolute Gasteiger partial charge is 0.485 e. The van der Waals surface area contributed by atoms with Crippen LogP contribution < -0.4 is 5.32 Å². The summed E-state index contributed by atoms with van der Waals surface area (Å²) in [5.41, 5.74) is 0. The van der Waals surface area contributed by atoms with Gasteiger partial charge in [-0.2, -0.15) is 13.2 Å². The molecule has 0 aromatic heterocycles. The van der Waals surface area contributed by atoms with Gasteiger partial charge in [-0.25, -0.2) is 10.1 Å². The van der Waals surface area contributed by atoms with E-state index in [1.807, 2.05) is 0 Å². The fraction of sp³-hybridized carbons (Fsp3) is 0.889. The van der Waals surface area contributed by atoms with E-state index in [4.69, 9.17) is 5.11 Å². The number of piperidine rings is 1. The Labute approximate surface area is 91.4 Å². The van der Waals surface area contributed by atoms with Gasteiger partial charge in [0.1, 0.15) is 0 Å². The molecule has 2 amide bonds. The summed E-state index contributed by atoms with van der Waals surface area (Å²) in [7, 11) is 0. The first kappa shape index (κ1) is 13.1. The summed E-state index contributed by atoms with van der Waals surface area (Å²) in [6.45, 7) is 0.188. The lowest BCUT2D eigenvalue weighted by molar-refractivity contribution is -0.148. The molecule has 1 rings (SSSR count). The van der Waals surface area contributed by atoms with Crippen molar-refractivity contribution >= 4 is 6.03 Å². The van der Waals surface area contributed by atoms with E-state index >= 15 is 0 Å². The van der Waals surface area contributed by atoms with Crippen molar-refractivity contribution < 1.29 is 23.1 Å². The van der Waals surface area contributed by atoms with E-state index in [0.29, 0.717) is 25.8 Å². The van der Waals surface area contributed by atoms with Crippen LogP contribution in [0.5, 0.6) is 0 Å². The third-order valence-electron chi connectivity index (χ3n) is 2.60. The second-order valence-corrected chi connectivity index (χ2v) is 3.78. The number of aliphatic hydroxyl groups excluding tert-OH is 1. The predicted molar refractivity (Wildman–Crippen MR) is 50.6 cm³/mol. The van der Waals surface area contributed by atoms with Crippen molar-refractivity contribution in [2.24, 2.45) is 0 Å². The Kier molecular flexibility index (Phi) is 4.40. The van der Waals surface area contributed by atoms with Gasteiger partial charge in [0.15, 0.2) is 0 Å². The minimum absolute atomic E-state index is 0.125. The molecule has 1 saturated heterocycles. The van der Waals surface area contributed by atoms with E-state index in [1.165, 1.54) is 0 Å². The summed E-state index contributed by atoms with van der Waals surface area (Å²) in [5, 5.41) is 9.75. The van der Waals surface area contributed by atoms with Crippen LogP contribution in [0.1, 0.15) is 25.7 Å². The van der Waals surface area contributed by atoms with Crippen molar-refractivity contribution in [1.82, 2.24) is 10.2 Å². The smallest absolute Gasteiger partial charge is 0.396 e. The molecular weight excluding hydrogens is 225 g/mol. The van der Waals surface area contributed by atoms with E-state index in [0.717, 1.165) is 16.6 Å². The number of amides is 2. The molecule has 4 nitrogen and oxygen atoms in total. The molecule has 7 heteroatoms. The molecule has 0 saturated carbocycles. The van der Waals surface area contributed by atoms with E-state index in [9.17, 15) is 18.0 Å². The van der Waals surface area contributed by atoms with Crippen LogP contribution in [0, 0.1) is 0 Å². The maximum Gasteiger partial charge on any atom is 0.485 e. The lowest BCUT2D eigenvalue weighted by Crippen LogP contribution is -2.52. The molecule has 1 aliphatic heterocycles. The number of rotatable bonds is 2. The van der Waals surface area contributed by atoms with Crippen LogP contribution in [0.25, 0.3) is 0 Å². The van der Waals surface area contributed by atoms with Gasteiger partial charge < -0.3 is 10.0 Å². The standard InChI is InChI=1S/C9H15F3N2O2/c10-9(11,12)13-8(16)14-5-2-1-3-7(14)4-6-15/h7,15H,1-6H2,(H,13,16). The van der Waals surface area contributed by atoms with Gasteiger partial charge in [-0.3, -0.25) is 0 Å². The quantitative estimate of drug-likeness (QED) is 0.718. The Bertz CT molecular complexity index is 243. The van der Waals surface area contributed by atoms with Gasteiger partial charge in [0, 0.05) is 19.2 Å². The summed E-state index contributed by atoms with van der Waals surface area (Å²) in [4.78, 5) is 12.5. The van der Waals surface area contributed by atoms with Crippen LogP contribution in [0.2, 0.25) is 0 Å². The van der Waals surface area contributed by atoms with Crippen molar-refractivity contribution in [2.45, 2.75) is 38.0 Å². The number of carbonyl (C=O) groups is 1. The molecule has 0 aliphatic carbocycles. The summed E-state index contributed by atoms with van der Waals surface area (Å²) in [5.74, 6) is 0. The van der Waals surface area contributed by atoms with Crippen LogP contribution in [0.3, 0.4) is 0 Å². The zero-order valence-electron chi connectivity index (χ0n) is 8.76. The van der Waals surface area contributed by atoms with Gasteiger partial charge in [0.05, 0.1) is 0 Å². The van der Waals surface area contributed by atoms with Crippen LogP contribution >= 0.6 is 0 Å². The number of carbonyl (C=O) groups excluding carboxylic acids is 1. The van der Waals surface area contributed by atoms with Gasteiger partial charge in [-0.15, -0.1) is 0 Å². The number of nitrogens with one attached hydrogen (secondary N) is 1. The predicted octanol–water partition coefficient (Wildman–Crippen LogP) is 1.45. The molecule has 0 aromatic rings. The molecule has 1 aliphatic rings. The first-order valence-electron chi connectivity index (χ1n) is 5.20. The van der Waals surface area contributed by atoms with Crippen molar-refractivity contribution in [3.05, 3.63) is 0 Å². The number of urea groups is 1. The Morgan fingerprint density at radius 1 is 1.44 bits per heavy atom. The van der Waals surface area contributed by atoms with E-state index in [-0.39, 0.29) is 12.6 Å². The summed E-state index contributed by atoms with van der Waals surface area (Å²) < 4.78 is 35.9. The lowest BCUT2D eigenvalue weighted by Gasteiger charge is -2.35. The molecule has 1 atom stereocenters. The third-order valence-corrected chi connectivity index (χ3v) is 2.60. The highest BCUT2D eigenvalue weighted by atomic mass is 19.4. The molecule has 94 valence electrons. The molecule has 0 bridgehead atoms. The monoisotopic (exact) mass is 240 g/mol. The fourth-order valence-corrected chi connectivity index (χ4v) is 1.91. The third kappa shape index (κ3) is 3.88. The molecular formula is C9H15F3N2O2. The van der Waals surface area contributed by atoms with E-state index < -0.39 is 12.3 Å². The van der Waals surface area contributed by atoms with Crippen molar-refractivity contribution in [3.63, 3.8) is 0 Å². The SMILES string of the molecule is O=C(NC(F)(F)F)N1CCCCC1CCO. The summed E-state index contributed by atoms with van der Waals surface area (Å²) >= 11 is 0. The maximum absolute atomic E-state index is 12.0. The number of hydrogen-bond donors (Lipinski definition) is 2. The number of halogens is 3. The van der Waals surface area contributed by atoms with Crippen molar-refractivity contribution in [2.75, 3.05) is 13.2 Å². The lowest BCUT2D eigenvalue weighted by atomic mass is 10.0.